The van der Waals surface area contributed by atoms with Crippen molar-refractivity contribution in [3.63, 3.8) is 0 Å². The largest absolute Gasteiger partial charge is 0.475 e. The molecule has 0 saturated carbocycles. The fourth-order valence-corrected chi connectivity index (χ4v) is 3.35. The fraction of sp³-hybridized carbons (Fsp3) is 0.429. The van der Waals surface area contributed by atoms with Crippen LogP contribution in [0.5, 0.6) is 5.88 Å². The molecule has 3 rings (SSSR count). The Morgan fingerprint density at radius 1 is 1.19 bits per heavy atom. The van der Waals surface area contributed by atoms with Crippen LogP contribution in [0.25, 0.3) is 0 Å². The molecule has 138 valence electrons. The molecular weight excluding hydrogens is 328 g/mol. The molecule has 2 heterocycles. The standard InChI is InChI=1S/C21H26N2O3/c1-3-18(16-7-5-4-6-8-16)21(24)23-12-11-19-17(15-23)9-10-20(22-19)26-14-13-25-2/h4-10,18H,3,11-15H2,1-2H3. The summed E-state index contributed by atoms with van der Waals surface area (Å²) in [7, 11) is 1.65. The van der Waals surface area contributed by atoms with Gasteiger partial charge >= 0.3 is 0 Å². The second-order valence-electron chi connectivity index (χ2n) is 6.48. The third-order valence-corrected chi connectivity index (χ3v) is 4.78. The lowest BCUT2D eigenvalue weighted by molar-refractivity contribution is -0.133. The maximum absolute atomic E-state index is 13.0. The smallest absolute Gasteiger partial charge is 0.230 e. The van der Waals surface area contributed by atoms with Gasteiger partial charge in [0.05, 0.1) is 18.2 Å². The van der Waals surface area contributed by atoms with Crippen molar-refractivity contribution >= 4 is 5.91 Å². The van der Waals surface area contributed by atoms with E-state index in [1.807, 2.05) is 47.4 Å². The van der Waals surface area contributed by atoms with Crippen molar-refractivity contribution in [3.05, 3.63) is 59.3 Å². The highest BCUT2D eigenvalue weighted by Gasteiger charge is 2.28. The molecule has 1 atom stereocenters. The molecule has 1 amide bonds. The Morgan fingerprint density at radius 2 is 2.00 bits per heavy atom. The Balaban J connectivity index is 1.68. The van der Waals surface area contributed by atoms with E-state index >= 15 is 0 Å². The third kappa shape index (κ3) is 4.22. The predicted molar refractivity (Wildman–Crippen MR) is 100 cm³/mol. The molecule has 1 unspecified atom stereocenters. The third-order valence-electron chi connectivity index (χ3n) is 4.78. The minimum Gasteiger partial charge on any atom is -0.475 e. The van der Waals surface area contributed by atoms with Gasteiger partial charge in [-0.05, 0) is 17.5 Å². The molecular formula is C21H26N2O3. The van der Waals surface area contributed by atoms with Gasteiger partial charge in [0.25, 0.3) is 0 Å². The van der Waals surface area contributed by atoms with Crippen molar-refractivity contribution in [1.82, 2.24) is 9.88 Å². The summed E-state index contributed by atoms with van der Waals surface area (Å²) in [5.74, 6) is 0.739. The van der Waals surface area contributed by atoms with Crippen LogP contribution in [0.3, 0.4) is 0 Å². The summed E-state index contributed by atoms with van der Waals surface area (Å²) in [4.78, 5) is 19.6. The van der Waals surface area contributed by atoms with Crippen LogP contribution in [-0.2, 0) is 22.5 Å². The average molecular weight is 354 g/mol. The van der Waals surface area contributed by atoms with Gasteiger partial charge in [0, 0.05) is 32.7 Å². The van der Waals surface area contributed by atoms with Gasteiger partial charge in [0.15, 0.2) is 0 Å². The van der Waals surface area contributed by atoms with Gasteiger partial charge in [0.2, 0.25) is 11.8 Å². The highest BCUT2D eigenvalue weighted by atomic mass is 16.5. The molecule has 0 N–H and O–H groups in total. The fourth-order valence-electron chi connectivity index (χ4n) is 3.35. The number of aromatic nitrogens is 1. The summed E-state index contributed by atoms with van der Waals surface area (Å²) in [6.07, 6.45) is 1.56. The minimum atomic E-state index is -0.0811. The summed E-state index contributed by atoms with van der Waals surface area (Å²) in [5, 5.41) is 0. The van der Waals surface area contributed by atoms with Crippen molar-refractivity contribution in [2.45, 2.75) is 32.2 Å². The summed E-state index contributed by atoms with van der Waals surface area (Å²) in [6.45, 7) is 4.41. The van der Waals surface area contributed by atoms with Crippen molar-refractivity contribution in [1.29, 1.82) is 0 Å². The van der Waals surface area contributed by atoms with Crippen molar-refractivity contribution in [3.8, 4) is 5.88 Å². The highest BCUT2D eigenvalue weighted by molar-refractivity contribution is 5.84. The lowest BCUT2D eigenvalue weighted by Gasteiger charge is -2.31. The van der Waals surface area contributed by atoms with Crippen LogP contribution >= 0.6 is 0 Å². The van der Waals surface area contributed by atoms with E-state index in [0.29, 0.717) is 32.2 Å². The molecule has 1 aliphatic rings. The van der Waals surface area contributed by atoms with Gasteiger partial charge < -0.3 is 14.4 Å². The number of nitrogens with zero attached hydrogens (tertiary/aromatic N) is 2. The van der Waals surface area contributed by atoms with Crippen LogP contribution in [0.2, 0.25) is 0 Å². The van der Waals surface area contributed by atoms with Crippen LogP contribution in [0.1, 0.15) is 36.1 Å². The van der Waals surface area contributed by atoms with Crippen LogP contribution in [-0.4, -0.2) is 42.7 Å². The molecule has 0 saturated heterocycles. The van der Waals surface area contributed by atoms with Crippen molar-refractivity contribution in [2.75, 3.05) is 26.9 Å². The normalized spacial score (nSPS) is 14.6. The van der Waals surface area contributed by atoms with Gasteiger partial charge in [-0.3, -0.25) is 4.79 Å². The number of ether oxygens (including phenoxy) is 2. The first kappa shape index (κ1) is 18.4. The lowest BCUT2D eigenvalue weighted by atomic mass is 9.94. The summed E-state index contributed by atoms with van der Waals surface area (Å²) in [5.41, 5.74) is 3.22. The number of hydrogen-bond acceptors (Lipinski definition) is 4. The molecule has 1 aromatic carbocycles. The first-order valence-electron chi connectivity index (χ1n) is 9.17. The molecule has 0 spiro atoms. The van der Waals surface area contributed by atoms with Crippen molar-refractivity contribution < 1.29 is 14.3 Å². The van der Waals surface area contributed by atoms with Crippen LogP contribution in [0.4, 0.5) is 0 Å². The molecule has 0 radical (unpaired) electrons. The van der Waals surface area contributed by atoms with Crippen molar-refractivity contribution in [2.24, 2.45) is 0 Å². The Morgan fingerprint density at radius 3 is 2.73 bits per heavy atom. The molecule has 1 aliphatic heterocycles. The maximum atomic E-state index is 13.0. The average Bonchev–Trinajstić information content (AvgIpc) is 2.69. The first-order chi connectivity index (χ1) is 12.7. The second-order valence-corrected chi connectivity index (χ2v) is 6.48. The summed E-state index contributed by atoms with van der Waals surface area (Å²) < 4.78 is 10.6. The SMILES string of the molecule is CCC(C(=O)N1CCc2nc(OCCOC)ccc2C1)c1ccccc1. The number of benzene rings is 1. The molecule has 26 heavy (non-hydrogen) atoms. The Kier molecular flexibility index (Phi) is 6.23. The van der Waals surface area contributed by atoms with E-state index in [2.05, 4.69) is 11.9 Å². The zero-order valence-corrected chi connectivity index (χ0v) is 15.5. The topological polar surface area (TPSA) is 51.7 Å². The van der Waals surface area contributed by atoms with Gasteiger partial charge in [-0.1, -0.05) is 43.3 Å². The Bertz CT molecular complexity index is 733. The molecule has 5 heteroatoms. The van der Waals surface area contributed by atoms with E-state index in [0.717, 1.165) is 29.7 Å². The maximum Gasteiger partial charge on any atom is 0.230 e. The zero-order valence-electron chi connectivity index (χ0n) is 15.5. The number of carbonyl (C=O) groups excluding carboxylic acids is 1. The Hall–Kier alpha value is -2.40. The van der Waals surface area contributed by atoms with E-state index in [1.165, 1.54) is 0 Å². The van der Waals surface area contributed by atoms with Crippen LogP contribution < -0.4 is 4.74 Å². The monoisotopic (exact) mass is 354 g/mol. The summed E-state index contributed by atoms with van der Waals surface area (Å²) in [6, 6.07) is 13.9. The number of rotatable bonds is 7. The van der Waals surface area contributed by atoms with E-state index in [1.54, 1.807) is 7.11 Å². The Labute approximate surface area is 155 Å². The predicted octanol–water partition coefficient (Wildman–Crippen LogP) is 3.19. The number of hydrogen-bond donors (Lipinski definition) is 0. The van der Waals surface area contributed by atoms with E-state index in [-0.39, 0.29) is 11.8 Å². The molecule has 0 aliphatic carbocycles. The van der Waals surface area contributed by atoms with E-state index in [9.17, 15) is 4.79 Å². The number of fused-ring (bicyclic) bond motifs is 1. The number of methoxy groups -OCH3 is 1. The highest BCUT2D eigenvalue weighted by Crippen LogP contribution is 2.26. The molecule has 2 aromatic rings. The molecule has 0 bridgehead atoms. The van der Waals surface area contributed by atoms with Gasteiger partial charge in [0.1, 0.15) is 6.61 Å². The number of amides is 1. The van der Waals surface area contributed by atoms with Gasteiger partial charge in [-0.2, -0.15) is 0 Å². The molecule has 0 fully saturated rings. The summed E-state index contributed by atoms with van der Waals surface area (Å²) >= 11 is 0. The van der Waals surface area contributed by atoms with Crippen LogP contribution in [0.15, 0.2) is 42.5 Å². The first-order valence-corrected chi connectivity index (χ1v) is 9.17. The quantitative estimate of drug-likeness (QED) is 0.717. The van der Waals surface area contributed by atoms with Gasteiger partial charge in [-0.15, -0.1) is 0 Å². The zero-order chi connectivity index (χ0) is 18.4. The lowest BCUT2D eigenvalue weighted by Crippen LogP contribution is -2.39. The van der Waals surface area contributed by atoms with E-state index in [4.69, 9.17) is 9.47 Å². The minimum absolute atomic E-state index is 0.0811. The molecule has 1 aromatic heterocycles. The van der Waals surface area contributed by atoms with Crippen LogP contribution in [0, 0.1) is 0 Å². The second kappa shape index (κ2) is 8.81. The van der Waals surface area contributed by atoms with E-state index < -0.39 is 0 Å². The van der Waals surface area contributed by atoms with Gasteiger partial charge in [-0.25, -0.2) is 4.98 Å². The number of pyridine rings is 1. The number of carbonyl (C=O) groups is 1. The molecule has 5 nitrogen and oxygen atoms in total.